The first-order chi connectivity index (χ1) is 5.25. The molecular formula is C8H16N2O. The smallest absolute Gasteiger partial charge is 0.224 e. The topological polar surface area (TPSA) is 23.6 Å². The van der Waals surface area contributed by atoms with E-state index in [9.17, 15) is 4.79 Å². The number of hydrogen-bond donors (Lipinski definition) is 0. The first kappa shape index (κ1) is 8.53. The molecule has 1 rings (SSSR count). The lowest BCUT2D eigenvalue weighted by molar-refractivity contribution is -0.136. The van der Waals surface area contributed by atoms with E-state index in [1.54, 1.807) is 5.01 Å². The molecule has 64 valence electrons. The molecule has 1 fully saturated rings. The van der Waals surface area contributed by atoms with Crippen LogP contribution in [0.25, 0.3) is 0 Å². The summed E-state index contributed by atoms with van der Waals surface area (Å²) in [6.45, 7) is 6.15. The predicted molar refractivity (Wildman–Crippen MR) is 43.8 cm³/mol. The van der Waals surface area contributed by atoms with E-state index >= 15 is 0 Å². The molecule has 0 aromatic heterocycles. The summed E-state index contributed by atoms with van der Waals surface area (Å²) in [6, 6.07) is 0.297. The number of hydrazine groups is 1. The van der Waals surface area contributed by atoms with Crippen molar-refractivity contribution in [1.82, 2.24) is 10.0 Å². The van der Waals surface area contributed by atoms with Gasteiger partial charge in [-0.05, 0) is 26.7 Å². The minimum atomic E-state index is 0.297. The van der Waals surface area contributed by atoms with Crippen LogP contribution in [0.1, 0.15) is 26.7 Å². The van der Waals surface area contributed by atoms with E-state index < -0.39 is 0 Å². The Bertz CT molecular complexity index is 130. The van der Waals surface area contributed by atoms with Crippen LogP contribution in [0.2, 0.25) is 0 Å². The highest BCUT2D eigenvalue weighted by Gasteiger charge is 2.19. The van der Waals surface area contributed by atoms with Crippen molar-refractivity contribution in [3.8, 4) is 0 Å². The van der Waals surface area contributed by atoms with Crippen molar-refractivity contribution in [2.75, 3.05) is 13.1 Å². The Morgan fingerprint density at radius 2 is 1.91 bits per heavy atom. The lowest BCUT2D eigenvalue weighted by Gasteiger charge is -2.31. The van der Waals surface area contributed by atoms with Gasteiger partial charge in [-0.15, -0.1) is 0 Å². The fraction of sp³-hybridized carbons (Fsp3) is 0.875. The molecule has 3 heteroatoms. The summed E-state index contributed by atoms with van der Waals surface area (Å²) in [5.41, 5.74) is 0. The molecule has 1 saturated heterocycles. The Balaban J connectivity index is 2.46. The summed E-state index contributed by atoms with van der Waals surface area (Å²) in [6.07, 6.45) is 3.37. The fourth-order valence-electron chi connectivity index (χ4n) is 1.45. The molecule has 1 amide bonds. The molecule has 1 heterocycles. The summed E-state index contributed by atoms with van der Waals surface area (Å²) < 4.78 is 0. The van der Waals surface area contributed by atoms with Crippen molar-refractivity contribution in [3.05, 3.63) is 0 Å². The van der Waals surface area contributed by atoms with Gasteiger partial charge >= 0.3 is 0 Å². The Hall–Kier alpha value is -0.570. The normalized spacial score (nSPS) is 19.2. The predicted octanol–water partition coefficient (Wildman–Crippen LogP) is 0.864. The Labute approximate surface area is 67.9 Å². The molecule has 0 aromatic rings. The Morgan fingerprint density at radius 1 is 1.36 bits per heavy atom. The molecule has 1 aliphatic rings. The van der Waals surface area contributed by atoms with Crippen molar-refractivity contribution in [2.24, 2.45) is 0 Å². The molecule has 0 N–H and O–H groups in total. The molecular weight excluding hydrogens is 140 g/mol. The zero-order valence-corrected chi connectivity index (χ0v) is 7.29. The van der Waals surface area contributed by atoms with Gasteiger partial charge in [0.15, 0.2) is 0 Å². The quantitative estimate of drug-likeness (QED) is 0.566. The summed E-state index contributed by atoms with van der Waals surface area (Å²) in [5.74, 6) is 0. The van der Waals surface area contributed by atoms with Crippen molar-refractivity contribution in [3.63, 3.8) is 0 Å². The molecule has 0 bridgehead atoms. The second-order valence-corrected chi connectivity index (χ2v) is 3.24. The second-order valence-electron chi connectivity index (χ2n) is 3.24. The Morgan fingerprint density at radius 3 is 2.27 bits per heavy atom. The maximum absolute atomic E-state index is 10.6. The number of carbonyl (C=O) groups excluding carboxylic acids is 1. The molecule has 11 heavy (non-hydrogen) atoms. The summed E-state index contributed by atoms with van der Waals surface area (Å²) in [5, 5.41) is 3.91. The summed E-state index contributed by atoms with van der Waals surface area (Å²) in [4.78, 5) is 10.6. The van der Waals surface area contributed by atoms with E-state index in [0.29, 0.717) is 6.04 Å². The van der Waals surface area contributed by atoms with Gasteiger partial charge < -0.3 is 0 Å². The van der Waals surface area contributed by atoms with E-state index in [1.165, 1.54) is 12.8 Å². The molecule has 0 radical (unpaired) electrons. The van der Waals surface area contributed by atoms with Gasteiger partial charge in [-0.1, -0.05) is 0 Å². The number of hydrogen-bond acceptors (Lipinski definition) is 2. The third kappa shape index (κ3) is 1.93. The molecule has 0 aromatic carbocycles. The average molecular weight is 156 g/mol. The Kier molecular flexibility index (Phi) is 2.88. The second kappa shape index (κ2) is 3.72. The van der Waals surface area contributed by atoms with Gasteiger partial charge in [0.05, 0.1) is 0 Å². The van der Waals surface area contributed by atoms with Crippen LogP contribution in [-0.4, -0.2) is 35.6 Å². The van der Waals surface area contributed by atoms with Gasteiger partial charge in [0, 0.05) is 19.1 Å². The number of nitrogens with zero attached hydrogens (tertiary/aromatic N) is 2. The zero-order valence-electron chi connectivity index (χ0n) is 7.29. The van der Waals surface area contributed by atoms with Crippen LogP contribution in [0, 0.1) is 0 Å². The van der Waals surface area contributed by atoms with Crippen molar-refractivity contribution < 1.29 is 4.79 Å². The number of rotatable bonds is 3. The molecule has 0 unspecified atom stereocenters. The van der Waals surface area contributed by atoms with Crippen molar-refractivity contribution >= 4 is 6.41 Å². The minimum absolute atomic E-state index is 0.297. The van der Waals surface area contributed by atoms with Crippen LogP contribution in [0.4, 0.5) is 0 Å². The van der Waals surface area contributed by atoms with Crippen molar-refractivity contribution in [2.45, 2.75) is 32.7 Å². The zero-order chi connectivity index (χ0) is 8.27. The van der Waals surface area contributed by atoms with E-state index in [4.69, 9.17) is 0 Å². The summed E-state index contributed by atoms with van der Waals surface area (Å²) in [7, 11) is 0. The van der Waals surface area contributed by atoms with Gasteiger partial charge in [0.25, 0.3) is 0 Å². The van der Waals surface area contributed by atoms with Crippen LogP contribution >= 0.6 is 0 Å². The maximum Gasteiger partial charge on any atom is 0.224 e. The first-order valence-electron chi connectivity index (χ1n) is 4.24. The van der Waals surface area contributed by atoms with Crippen LogP contribution in [0.5, 0.6) is 0 Å². The monoisotopic (exact) mass is 156 g/mol. The summed E-state index contributed by atoms with van der Waals surface area (Å²) >= 11 is 0. The number of amides is 1. The van der Waals surface area contributed by atoms with Crippen molar-refractivity contribution in [1.29, 1.82) is 0 Å². The van der Waals surface area contributed by atoms with Crippen LogP contribution in [0.15, 0.2) is 0 Å². The largest absolute Gasteiger partial charge is 0.277 e. The van der Waals surface area contributed by atoms with Crippen LogP contribution < -0.4 is 0 Å². The van der Waals surface area contributed by atoms with E-state index in [-0.39, 0.29) is 0 Å². The molecule has 0 aliphatic carbocycles. The molecule has 0 atom stereocenters. The van der Waals surface area contributed by atoms with E-state index in [2.05, 4.69) is 5.01 Å². The van der Waals surface area contributed by atoms with Gasteiger partial charge in [-0.2, -0.15) is 0 Å². The highest BCUT2D eigenvalue weighted by atomic mass is 16.1. The maximum atomic E-state index is 10.6. The van der Waals surface area contributed by atoms with E-state index in [0.717, 1.165) is 19.5 Å². The highest BCUT2D eigenvalue weighted by Crippen LogP contribution is 2.11. The molecule has 0 spiro atoms. The highest BCUT2D eigenvalue weighted by molar-refractivity contribution is 5.46. The van der Waals surface area contributed by atoms with Crippen LogP contribution in [-0.2, 0) is 4.79 Å². The molecule has 1 aliphatic heterocycles. The first-order valence-corrected chi connectivity index (χ1v) is 4.24. The SMILES string of the molecule is CC(C)N(C=O)N1CCCC1. The van der Waals surface area contributed by atoms with Gasteiger partial charge in [-0.3, -0.25) is 9.80 Å². The third-order valence-corrected chi connectivity index (χ3v) is 2.05. The third-order valence-electron chi connectivity index (χ3n) is 2.05. The number of carbonyl (C=O) groups is 1. The fourth-order valence-corrected chi connectivity index (χ4v) is 1.45. The minimum Gasteiger partial charge on any atom is -0.277 e. The van der Waals surface area contributed by atoms with Crippen LogP contribution in [0.3, 0.4) is 0 Å². The van der Waals surface area contributed by atoms with Gasteiger partial charge in [-0.25, -0.2) is 5.01 Å². The molecule has 0 saturated carbocycles. The van der Waals surface area contributed by atoms with Gasteiger partial charge in [0.1, 0.15) is 0 Å². The molecule has 3 nitrogen and oxygen atoms in total. The standard InChI is InChI=1S/C8H16N2O/c1-8(2)10(7-11)9-5-3-4-6-9/h7-8H,3-6H2,1-2H3. The van der Waals surface area contributed by atoms with E-state index in [1.807, 2.05) is 13.8 Å². The van der Waals surface area contributed by atoms with Gasteiger partial charge in [0.2, 0.25) is 6.41 Å². The average Bonchev–Trinajstić information content (AvgIpc) is 2.40. The lowest BCUT2D eigenvalue weighted by atomic mass is 10.4. The lowest BCUT2D eigenvalue weighted by Crippen LogP contribution is -2.43.